The van der Waals surface area contributed by atoms with Crippen molar-refractivity contribution < 1.29 is 14.3 Å². The van der Waals surface area contributed by atoms with E-state index in [0.717, 1.165) is 5.56 Å². The van der Waals surface area contributed by atoms with Gasteiger partial charge in [0.05, 0.1) is 18.8 Å². The number of pyridine rings is 1. The molecule has 1 atom stereocenters. The second-order valence-corrected chi connectivity index (χ2v) is 5.90. The van der Waals surface area contributed by atoms with Crippen LogP contribution >= 0.6 is 0 Å². The molecule has 1 aromatic heterocycles. The fraction of sp³-hybridized carbons (Fsp3) is 0.316. The molecule has 0 radical (unpaired) electrons. The van der Waals surface area contributed by atoms with Gasteiger partial charge in [-0.3, -0.25) is 14.6 Å². The molecule has 1 aliphatic rings. The Morgan fingerprint density at radius 1 is 1.12 bits per heavy atom. The number of nitrogens with one attached hydrogen (secondary N) is 1. The van der Waals surface area contributed by atoms with E-state index in [1.54, 1.807) is 23.2 Å². The maximum Gasteiger partial charge on any atom is 0.253 e. The van der Waals surface area contributed by atoms with Crippen molar-refractivity contribution in [2.24, 2.45) is 0 Å². The van der Waals surface area contributed by atoms with Gasteiger partial charge in [-0.15, -0.1) is 0 Å². The van der Waals surface area contributed by atoms with Crippen LogP contribution in [0.2, 0.25) is 0 Å². The van der Waals surface area contributed by atoms with Gasteiger partial charge in [-0.1, -0.05) is 30.3 Å². The molecule has 0 unspecified atom stereocenters. The highest BCUT2D eigenvalue weighted by molar-refractivity contribution is 5.97. The van der Waals surface area contributed by atoms with Gasteiger partial charge in [0.25, 0.3) is 5.91 Å². The number of nitrogens with zero attached hydrogens (tertiary/aromatic N) is 2. The Hall–Kier alpha value is -2.73. The average Bonchev–Trinajstić information content (AvgIpc) is 2.69. The Morgan fingerprint density at radius 3 is 2.56 bits per heavy atom. The van der Waals surface area contributed by atoms with Crippen LogP contribution in [0.5, 0.6) is 0 Å². The molecule has 2 amide bonds. The van der Waals surface area contributed by atoms with E-state index in [1.807, 2.05) is 30.3 Å². The summed E-state index contributed by atoms with van der Waals surface area (Å²) in [5.74, 6) is -0.375. The number of carbonyl (C=O) groups is 2. The van der Waals surface area contributed by atoms with E-state index in [9.17, 15) is 9.59 Å². The molecule has 1 fully saturated rings. The first-order valence-corrected chi connectivity index (χ1v) is 8.35. The molecule has 130 valence electrons. The molecule has 3 rings (SSSR count). The molecule has 0 aliphatic carbocycles. The van der Waals surface area contributed by atoms with Crippen LogP contribution in [0.15, 0.2) is 54.9 Å². The number of morpholine rings is 1. The highest BCUT2D eigenvalue weighted by atomic mass is 16.5. The second-order valence-electron chi connectivity index (χ2n) is 5.90. The molecule has 2 heterocycles. The highest BCUT2D eigenvalue weighted by Gasteiger charge is 2.27. The fourth-order valence-electron chi connectivity index (χ4n) is 2.79. The van der Waals surface area contributed by atoms with E-state index < -0.39 is 6.04 Å². The molecule has 0 bridgehead atoms. The highest BCUT2D eigenvalue weighted by Crippen LogP contribution is 2.09. The minimum atomic E-state index is -0.617. The van der Waals surface area contributed by atoms with Crippen molar-refractivity contribution in [2.45, 2.75) is 12.5 Å². The van der Waals surface area contributed by atoms with Crippen LogP contribution in [0.3, 0.4) is 0 Å². The normalized spacial score (nSPS) is 15.4. The van der Waals surface area contributed by atoms with E-state index in [1.165, 1.54) is 6.20 Å². The van der Waals surface area contributed by atoms with E-state index in [2.05, 4.69) is 10.3 Å². The average molecular weight is 339 g/mol. The minimum Gasteiger partial charge on any atom is -0.378 e. The van der Waals surface area contributed by atoms with E-state index >= 15 is 0 Å². The van der Waals surface area contributed by atoms with Crippen LogP contribution < -0.4 is 5.32 Å². The largest absolute Gasteiger partial charge is 0.378 e. The first-order valence-electron chi connectivity index (χ1n) is 8.35. The third kappa shape index (κ3) is 4.64. The molecule has 6 heteroatoms. The summed E-state index contributed by atoms with van der Waals surface area (Å²) in [4.78, 5) is 31.1. The first-order chi connectivity index (χ1) is 12.2. The third-order valence-electron chi connectivity index (χ3n) is 4.13. The molecule has 1 aromatic carbocycles. The predicted octanol–water partition coefficient (Wildman–Crippen LogP) is 1.28. The van der Waals surface area contributed by atoms with Crippen molar-refractivity contribution in [3.63, 3.8) is 0 Å². The van der Waals surface area contributed by atoms with Gasteiger partial charge in [0, 0.05) is 31.9 Å². The SMILES string of the molecule is O=C(N[C@@H](Cc1ccccc1)C(=O)N1CCOCC1)c1cccnc1. The number of amides is 2. The molecule has 25 heavy (non-hydrogen) atoms. The Bertz CT molecular complexity index is 700. The van der Waals surface area contributed by atoms with E-state index in [4.69, 9.17) is 4.74 Å². The van der Waals surface area contributed by atoms with Crippen molar-refractivity contribution in [1.82, 2.24) is 15.2 Å². The van der Waals surface area contributed by atoms with Crippen molar-refractivity contribution in [3.05, 3.63) is 66.0 Å². The van der Waals surface area contributed by atoms with Gasteiger partial charge in [0.2, 0.25) is 5.91 Å². The van der Waals surface area contributed by atoms with Crippen molar-refractivity contribution in [1.29, 1.82) is 0 Å². The van der Waals surface area contributed by atoms with Gasteiger partial charge in [-0.2, -0.15) is 0 Å². The smallest absolute Gasteiger partial charge is 0.253 e. The maximum atomic E-state index is 12.9. The lowest BCUT2D eigenvalue weighted by molar-refractivity contribution is -0.137. The van der Waals surface area contributed by atoms with Crippen LogP contribution in [0.4, 0.5) is 0 Å². The zero-order valence-electron chi connectivity index (χ0n) is 13.9. The topological polar surface area (TPSA) is 71.5 Å². The van der Waals surface area contributed by atoms with Crippen molar-refractivity contribution in [2.75, 3.05) is 26.3 Å². The van der Waals surface area contributed by atoms with Crippen LogP contribution in [-0.4, -0.2) is 54.0 Å². The number of benzene rings is 1. The predicted molar refractivity (Wildman–Crippen MR) is 93.0 cm³/mol. The van der Waals surface area contributed by atoms with Crippen LogP contribution in [0, 0.1) is 0 Å². The monoisotopic (exact) mass is 339 g/mol. The zero-order chi connectivity index (χ0) is 17.5. The van der Waals surface area contributed by atoms with Gasteiger partial charge < -0.3 is 15.0 Å². The zero-order valence-corrected chi connectivity index (χ0v) is 13.9. The molecule has 0 saturated carbocycles. The molecule has 1 N–H and O–H groups in total. The molecular weight excluding hydrogens is 318 g/mol. The third-order valence-corrected chi connectivity index (χ3v) is 4.13. The summed E-state index contributed by atoms with van der Waals surface area (Å²) in [5, 5.41) is 2.87. The Kier molecular flexibility index (Phi) is 5.74. The maximum absolute atomic E-state index is 12.9. The quantitative estimate of drug-likeness (QED) is 0.891. The second kappa shape index (κ2) is 8.39. The lowest BCUT2D eigenvalue weighted by Crippen LogP contribution is -2.52. The van der Waals surface area contributed by atoms with Crippen LogP contribution in [0.1, 0.15) is 15.9 Å². The number of carbonyl (C=O) groups excluding carboxylic acids is 2. The summed E-state index contributed by atoms with van der Waals surface area (Å²) < 4.78 is 5.31. The Morgan fingerprint density at radius 2 is 1.88 bits per heavy atom. The molecule has 0 spiro atoms. The number of aromatic nitrogens is 1. The molecule has 2 aromatic rings. The Balaban J connectivity index is 1.75. The van der Waals surface area contributed by atoms with E-state index in [0.29, 0.717) is 38.3 Å². The van der Waals surface area contributed by atoms with Gasteiger partial charge in [0.15, 0.2) is 0 Å². The van der Waals surface area contributed by atoms with Crippen molar-refractivity contribution >= 4 is 11.8 Å². The summed E-state index contributed by atoms with van der Waals surface area (Å²) >= 11 is 0. The number of rotatable bonds is 5. The molecule has 1 aliphatic heterocycles. The molecular formula is C19H21N3O3. The van der Waals surface area contributed by atoms with Gasteiger partial charge in [-0.05, 0) is 17.7 Å². The van der Waals surface area contributed by atoms with Gasteiger partial charge in [-0.25, -0.2) is 0 Å². The summed E-state index contributed by atoms with van der Waals surface area (Å²) in [6.45, 7) is 2.15. The molecule has 6 nitrogen and oxygen atoms in total. The van der Waals surface area contributed by atoms with Crippen LogP contribution in [-0.2, 0) is 16.0 Å². The summed E-state index contributed by atoms with van der Waals surface area (Å²) in [6.07, 6.45) is 3.55. The fourth-order valence-corrected chi connectivity index (χ4v) is 2.79. The minimum absolute atomic E-state index is 0.0793. The first kappa shape index (κ1) is 17.1. The summed E-state index contributed by atoms with van der Waals surface area (Å²) in [6, 6.07) is 12.4. The number of hydrogen-bond acceptors (Lipinski definition) is 4. The Labute approximate surface area is 146 Å². The van der Waals surface area contributed by atoms with Gasteiger partial charge >= 0.3 is 0 Å². The lowest BCUT2D eigenvalue weighted by atomic mass is 10.0. The number of hydrogen-bond donors (Lipinski definition) is 1. The van der Waals surface area contributed by atoms with Crippen molar-refractivity contribution in [3.8, 4) is 0 Å². The summed E-state index contributed by atoms with van der Waals surface area (Å²) in [5.41, 5.74) is 1.44. The standard InChI is InChI=1S/C19H21N3O3/c23-18(16-7-4-8-20-14-16)21-17(13-15-5-2-1-3-6-15)19(24)22-9-11-25-12-10-22/h1-8,14,17H,9-13H2,(H,21,23)/t17-/m0/s1. The molecule has 1 saturated heterocycles. The number of ether oxygens (including phenoxy) is 1. The summed E-state index contributed by atoms with van der Waals surface area (Å²) in [7, 11) is 0. The van der Waals surface area contributed by atoms with E-state index in [-0.39, 0.29) is 11.8 Å². The van der Waals surface area contributed by atoms with Gasteiger partial charge in [0.1, 0.15) is 6.04 Å². The lowest BCUT2D eigenvalue weighted by Gasteiger charge is -2.30. The van der Waals surface area contributed by atoms with Crippen LogP contribution in [0.25, 0.3) is 0 Å².